The van der Waals surface area contributed by atoms with Gasteiger partial charge in [-0.15, -0.1) is 4.73 Å². The van der Waals surface area contributed by atoms with Crippen LogP contribution >= 0.6 is 0 Å². The van der Waals surface area contributed by atoms with Crippen LogP contribution in [0.2, 0.25) is 0 Å². The van der Waals surface area contributed by atoms with Gasteiger partial charge in [0.15, 0.2) is 0 Å². The van der Waals surface area contributed by atoms with Crippen LogP contribution in [0.3, 0.4) is 0 Å². The molecule has 0 unspecified atom stereocenters. The maximum Gasteiger partial charge on any atom is 0.433 e. The number of fused-ring (bicyclic) bond motifs is 1. The molecule has 2 N–H and O–H groups in total. The normalized spacial score (nSPS) is 11.4. The highest BCUT2D eigenvalue weighted by atomic mass is 19.4. The van der Waals surface area contributed by atoms with Gasteiger partial charge in [-0.25, -0.2) is 0 Å². The second-order valence-corrected chi connectivity index (χ2v) is 6.02. The van der Waals surface area contributed by atoms with Gasteiger partial charge >= 0.3 is 6.18 Å². The van der Waals surface area contributed by atoms with Gasteiger partial charge in [0.05, 0.1) is 5.52 Å². The van der Waals surface area contributed by atoms with E-state index in [0.717, 1.165) is 17.0 Å². The fourth-order valence-corrected chi connectivity index (χ4v) is 2.70. The standard InChI is InChI=1S/C19H16F3N3O4/c1-2-23-17(27)15-16(26)12-5-3-4-6-13(12)25(18(15)28)29-10-11-7-8-14(24-9-11)19(20,21)22/h3-9,26H,2,10H2,1H3,(H,23,27). The number of carbonyl (C=O) groups is 1. The number of rotatable bonds is 5. The number of pyridine rings is 2. The van der Waals surface area contributed by atoms with Crippen LogP contribution < -0.4 is 15.7 Å². The minimum absolute atomic E-state index is 0.197. The summed E-state index contributed by atoms with van der Waals surface area (Å²) in [6, 6.07) is 8.20. The molecule has 0 radical (unpaired) electrons. The lowest BCUT2D eigenvalue weighted by Crippen LogP contribution is -2.35. The second-order valence-electron chi connectivity index (χ2n) is 6.02. The van der Waals surface area contributed by atoms with Crippen molar-refractivity contribution in [2.45, 2.75) is 19.7 Å². The number of aromatic hydroxyl groups is 1. The number of halogens is 3. The number of para-hydroxylation sites is 1. The number of hydrogen-bond acceptors (Lipinski definition) is 5. The predicted molar refractivity (Wildman–Crippen MR) is 97.4 cm³/mol. The van der Waals surface area contributed by atoms with Gasteiger partial charge in [-0.2, -0.15) is 13.2 Å². The van der Waals surface area contributed by atoms with Crippen LogP contribution in [0.4, 0.5) is 13.2 Å². The molecule has 0 aliphatic heterocycles. The molecular weight excluding hydrogens is 391 g/mol. The topological polar surface area (TPSA) is 93.4 Å². The van der Waals surface area contributed by atoms with E-state index in [2.05, 4.69) is 10.3 Å². The van der Waals surface area contributed by atoms with Gasteiger partial charge in [-0.1, -0.05) is 18.2 Å². The fourth-order valence-electron chi connectivity index (χ4n) is 2.70. The van der Waals surface area contributed by atoms with Crippen LogP contribution in [0.5, 0.6) is 5.75 Å². The first-order valence-corrected chi connectivity index (χ1v) is 8.54. The average molecular weight is 407 g/mol. The second kappa shape index (κ2) is 7.82. The van der Waals surface area contributed by atoms with Gasteiger partial charge in [-0.3, -0.25) is 14.6 Å². The Bertz CT molecular complexity index is 1110. The third kappa shape index (κ3) is 4.00. The van der Waals surface area contributed by atoms with Crippen molar-refractivity contribution >= 4 is 16.8 Å². The van der Waals surface area contributed by atoms with Crippen molar-refractivity contribution in [2.75, 3.05) is 6.54 Å². The lowest BCUT2D eigenvalue weighted by Gasteiger charge is -2.15. The smallest absolute Gasteiger partial charge is 0.433 e. The number of hydrogen-bond donors (Lipinski definition) is 2. The molecule has 3 aromatic rings. The third-order valence-corrected chi connectivity index (χ3v) is 4.05. The molecule has 152 valence electrons. The lowest BCUT2D eigenvalue weighted by molar-refractivity contribution is -0.141. The molecule has 2 heterocycles. The van der Waals surface area contributed by atoms with Crippen molar-refractivity contribution in [2.24, 2.45) is 0 Å². The maximum absolute atomic E-state index is 12.8. The first-order valence-electron chi connectivity index (χ1n) is 8.54. The molecule has 0 fully saturated rings. The number of benzene rings is 1. The van der Waals surface area contributed by atoms with E-state index in [1.807, 2.05) is 0 Å². The monoisotopic (exact) mass is 407 g/mol. The molecule has 0 atom stereocenters. The quantitative estimate of drug-likeness (QED) is 0.678. The molecule has 1 amide bonds. The van der Waals surface area contributed by atoms with Crippen LogP contribution in [0, 0.1) is 0 Å². The van der Waals surface area contributed by atoms with Crippen molar-refractivity contribution < 1.29 is 27.9 Å². The zero-order chi connectivity index (χ0) is 21.2. The highest BCUT2D eigenvalue weighted by molar-refractivity contribution is 6.02. The van der Waals surface area contributed by atoms with E-state index in [0.29, 0.717) is 0 Å². The Morgan fingerprint density at radius 1 is 1.24 bits per heavy atom. The maximum atomic E-state index is 12.8. The van der Waals surface area contributed by atoms with Gasteiger partial charge < -0.3 is 15.3 Å². The van der Waals surface area contributed by atoms with Crippen LogP contribution in [0.15, 0.2) is 47.4 Å². The summed E-state index contributed by atoms with van der Waals surface area (Å²) in [5.74, 6) is -1.25. The summed E-state index contributed by atoms with van der Waals surface area (Å²) in [5.41, 5.74) is -1.96. The Morgan fingerprint density at radius 2 is 1.97 bits per heavy atom. The summed E-state index contributed by atoms with van der Waals surface area (Å²) >= 11 is 0. The molecule has 0 spiro atoms. The van der Waals surface area contributed by atoms with Crippen molar-refractivity contribution in [3.63, 3.8) is 0 Å². The first kappa shape index (κ1) is 20.2. The summed E-state index contributed by atoms with van der Waals surface area (Å²) in [6.07, 6.45) is -3.58. The molecule has 0 saturated carbocycles. The highest BCUT2D eigenvalue weighted by Crippen LogP contribution is 2.28. The highest BCUT2D eigenvalue weighted by Gasteiger charge is 2.32. The van der Waals surface area contributed by atoms with Crippen LogP contribution in [0.25, 0.3) is 10.9 Å². The van der Waals surface area contributed by atoms with E-state index in [4.69, 9.17) is 4.84 Å². The fraction of sp³-hybridized carbons (Fsp3) is 0.211. The van der Waals surface area contributed by atoms with E-state index < -0.39 is 34.6 Å². The summed E-state index contributed by atoms with van der Waals surface area (Å²) in [7, 11) is 0. The van der Waals surface area contributed by atoms with Gasteiger partial charge in [0.2, 0.25) is 0 Å². The minimum atomic E-state index is -4.56. The van der Waals surface area contributed by atoms with E-state index in [1.54, 1.807) is 19.1 Å². The third-order valence-electron chi connectivity index (χ3n) is 4.05. The molecule has 0 saturated heterocycles. The number of nitrogens with one attached hydrogen (secondary N) is 1. The zero-order valence-electron chi connectivity index (χ0n) is 15.2. The van der Waals surface area contributed by atoms with Crippen molar-refractivity contribution in [3.05, 3.63) is 69.8 Å². The van der Waals surface area contributed by atoms with Crippen molar-refractivity contribution in [1.29, 1.82) is 0 Å². The molecular formula is C19H16F3N3O4. The molecule has 10 heteroatoms. The predicted octanol–water partition coefficient (Wildman–Crippen LogP) is 2.50. The molecule has 7 nitrogen and oxygen atoms in total. The zero-order valence-corrected chi connectivity index (χ0v) is 15.2. The number of amides is 1. The molecule has 29 heavy (non-hydrogen) atoms. The summed E-state index contributed by atoms with van der Waals surface area (Å²) in [5, 5.41) is 13.1. The van der Waals surface area contributed by atoms with Crippen LogP contribution in [-0.4, -0.2) is 27.3 Å². The van der Waals surface area contributed by atoms with E-state index in [1.165, 1.54) is 18.2 Å². The number of aromatic nitrogens is 2. The Balaban J connectivity index is 2.00. The van der Waals surface area contributed by atoms with Crippen molar-refractivity contribution in [1.82, 2.24) is 15.0 Å². The van der Waals surface area contributed by atoms with Gasteiger partial charge in [0.25, 0.3) is 11.5 Å². The first-order chi connectivity index (χ1) is 13.7. The number of alkyl halides is 3. The lowest BCUT2D eigenvalue weighted by atomic mass is 10.1. The summed E-state index contributed by atoms with van der Waals surface area (Å²) in [4.78, 5) is 33.8. The Kier molecular flexibility index (Phi) is 5.44. The average Bonchev–Trinajstić information content (AvgIpc) is 2.68. The summed E-state index contributed by atoms with van der Waals surface area (Å²) < 4.78 is 38.7. The van der Waals surface area contributed by atoms with Gasteiger partial charge in [0.1, 0.15) is 23.6 Å². The summed E-state index contributed by atoms with van der Waals surface area (Å²) in [6.45, 7) is 1.61. The van der Waals surface area contributed by atoms with Crippen molar-refractivity contribution in [3.8, 4) is 5.75 Å². The van der Waals surface area contributed by atoms with Crippen LogP contribution in [0.1, 0.15) is 28.5 Å². The Morgan fingerprint density at radius 3 is 2.59 bits per heavy atom. The van der Waals surface area contributed by atoms with E-state index in [9.17, 15) is 27.9 Å². The van der Waals surface area contributed by atoms with Gasteiger partial charge in [-0.05, 0) is 25.1 Å². The number of carbonyl (C=O) groups excluding carboxylic acids is 1. The van der Waals surface area contributed by atoms with E-state index >= 15 is 0 Å². The van der Waals surface area contributed by atoms with Gasteiger partial charge in [0, 0.05) is 23.7 Å². The molecule has 0 aliphatic rings. The SMILES string of the molecule is CCNC(=O)c1c(O)c2ccccc2n(OCc2ccc(C(F)(F)F)nc2)c1=O. The Hall–Kier alpha value is -3.56. The largest absolute Gasteiger partial charge is 0.506 e. The van der Waals surface area contributed by atoms with Crippen LogP contribution in [-0.2, 0) is 12.8 Å². The molecule has 0 bridgehead atoms. The molecule has 3 rings (SSSR count). The molecule has 0 aliphatic carbocycles. The molecule has 2 aromatic heterocycles. The number of nitrogens with zero attached hydrogens (tertiary/aromatic N) is 2. The molecule has 1 aromatic carbocycles. The van der Waals surface area contributed by atoms with E-state index in [-0.39, 0.29) is 29.6 Å². The Labute approximate surface area is 162 Å². The minimum Gasteiger partial charge on any atom is -0.506 e.